The van der Waals surface area contributed by atoms with E-state index in [1.54, 1.807) is 0 Å². The molecule has 1 saturated heterocycles. The van der Waals surface area contributed by atoms with Crippen molar-refractivity contribution in [1.29, 1.82) is 0 Å². The number of rotatable bonds is 3. The highest BCUT2D eigenvalue weighted by molar-refractivity contribution is 5.13. The van der Waals surface area contributed by atoms with E-state index in [2.05, 4.69) is 17.5 Å². The van der Waals surface area contributed by atoms with Crippen LogP contribution in [0.5, 0.6) is 0 Å². The fourth-order valence-corrected chi connectivity index (χ4v) is 3.86. The molecule has 4 rings (SSSR count). The highest BCUT2D eigenvalue weighted by atomic mass is 16.5. The smallest absolute Gasteiger partial charge is 0.0757 e. The fraction of sp³-hybridized carbons (Fsp3) is 0.857. The van der Waals surface area contributed by atoms with Gasteiger partial charge in [0, 0.05) is 18.7 Å². The topological polar surface area (TPSA) is 21.3 Å². The van der Waals surface area contributed by atoms with Gasteiger partial charge in [-0.15, -0.1) is 0 Å². The number of allylic oxidation sites excluding steroid dienone is 1. The molecule has 16 heavy (non-hydrogen) atoms. The molecule has 2 heteroatoms. The summed E-state index contributed by atoms with van der Waals surface area (Å²) in [7, 11) is 0. The third kappa shape index (κ3) is 1.46. The van der Waals surface area contributed by atoms with E-state index in [0.29, 0.717) is 12.1 Å². The lowest BCUT2D eigenvalue weighted by molar-refractivity contribution is 0.0660. The maximum absolute atomic E-state index is 5.89. The van der Waals surface area contributed by atoms with Crippen LogP contribution in [0.4, 0.5) is 0 Å². The molecule has 2 nitrogen and oxygen atoms in total. The average molecular weight is 219 g/mol. The minimum atomic E-state index is 0.546. The summed E-state index contributed by atoms with van der Waals surface area (Å²) in [4.78, 5) is 0. The SMILES string of the molecule is C1=CC2C(C1)CC2NC1CCOC1C1CC1. The Hall–Kier alpha value is -0.340. The van der Waals surface area contributed by atoms with Crippen molar-refractivity contribution < 1.29 is 4.74 Å². The summed E-state index contributed by atoms with van der Waals surface area (Å²) in [6.45, 7) is 0.982. The molecule has 5 atom stereocenters. The van der Waals surface area contributed by atoms with Crippen LogP contribution in [0.3, 0.4) is 0 Å². The summed E-state index contributed by atoms with van der Waals surface area (Å²) in [5.74, 6) is 2.70. The van der Waals surface area contributed by atoms with Crippen LogP contribution in [0.1, 0.15) is 32.1 Å². The summed E-state index contributed by atoms with van der Waals surface area (Å²) >= 11 is 0. The molecular formula is C14H21NO. The third-order valence-corrected chi connectivity index (χ3v) is 5.01. The molecule has 0 spiro atoms. The molecule has 3 fully saturated rings. The first-order valence-electron chi connectivity index (χ1n) is 6.96. The summed E-state index contributed by atoms with van der Waals surface area (Å²) in [5.41, 5.74) is 0. The highest BCUT2D eigenvalue weighted by Gasteiger charge is 2.46. The second kappa shape index (κ2) is 3.58. The van der Waals surface area contributed by atoms with Crippen LogP contribution in [0.15, 0.2) is 12.2 Å². The van der Waals surface area contributed by atoms with Crippen molar-refractivity contribution in [3.05, 3.63) is 12.2 Å². The second-order valence-corrected chi connectivity index (χ2v) is 6.08. The Morgan fingerprint density at radius 2 is 2.00 bits per heavy atom. The molecule has 2 saturated carbocycles. The van der Waals surface area contributed by atoms with Crippen molar-refractivity contribution in [2.45, 2.75) is 50.3 Å². The molecule has 0 bridgehead atoms. The van der Waals surface area contributed by atoms with Gasteiger partial charge in [-0.25, -0.2) is 0 Å². The molecule has 1 N–H and O–H groups in total. The Morgan fingerprint density at radius 3 is 2.81 bits per heavy atom. The van der Waals surface area contributed by atoms with Gasteiger partial charge < -0.3 is 10.1 Å². The number of fused-ring (bicyclic) bond motifs is 1. The Morgan fingerprint density at radius 1 is 1.06 bits per heavy atom. The predicted octanol–water partition coefficient (Wildman–Crippen LogP) is 2.11. The Labute approximate surface area is 97.4 Å². The van der Waals surface area contributed by atoms with Crippen LogP contribution in [-0.4, -0.2) is 24.8 Å². The largest absolute Gasteiger partial charge is 0.376 e. The Balaban J connectivity index is 1.38. The molecule has 5 unspecified atom stereocenters. The maximum atomic E-state index is 5.89. The zero-order valence-corrected chi connectivity index (χ0v) is 9.77. The standard InChI is InChI=1S/C14H21NO/c1-2-10-8-13(11(10)3-1)15-12-6-7-16-14(12)9-4-5-9/h1,3,9-15H,2,4-8H2. The minimum absolute atomic E-state index is 0.546. The third-order valence-electron chi connectivity index (χ3n) is 5.01. The summed E-state index contributed by atoms with van der Waals surface area (Å²) in [6, 6.07) is 1.42. The quantitative estimate of drug-likeness (QED) is 0.734. The zero-order chi connectivity index (χ0) is 10.5. The van der Waals surface area contributed by atoms with Gasteiger partial charge in [0.15, 0.2) is 0 Å². The number of hydrogen-bond acceptors (Lipinski definition) is 2. The van der Waals surface area contributed by atoms with Gasteiger partial charge >= 0.3 is 0 Å². The number of nitrogens with one attached hydrogen (secondary N) is 1. The molecule has 1 heterocycles. The van der Waals surface area contributed by atoms with Crippen molar-refractivity contribution in [1.82, 2.24) is 5.32 Å². The van der Waals surface area contributed by atoms with Crippen molar-refractivity contribution in [3.8, 4) is 0 Å². The molecule has 0 aromatic rings. The van der Waals surface area contributed by atoms with E-state index in [-0.39, 0.29) is 0 Å². The monoisotopic (exact) mass is 219 g/mol. The van der Waals surface area contributed by atoms with Crippen LogP contribution in [0.2, 0.25) is 0 Å². The van der Waals surface area contributed by atoms with E-state index in [1.165, 1.54) is 32.1 Å². The molecule has 0 aromatic heterocycles. The Kier molecular flexibility index (Phi) is 2.16. The van der Waals surface area contributed by atoms with Crippen LogP contribution >= 0.6 is 0 Å². The molecular weight excluding hydrogens is 198 g/mol. The fourth-order valence-electron chi connectivity index (χ4n) is 3.86. The summed E-state index contributed by atoms with van der Waals surface area (Å²) < 4.78 is 5.89. The highest BCUT2D eigenvalue weighted by Crippen LogP contribution is 2.44. The van der Waals surface area contributed by atoms with Crippen LogP contribution in [0, 0.1) is 17.8 Å². The van der Waals surface area contributed by atoms with E-state index in [9.17, 15) is 0 Å². The molecule has 4 aliphatic rings. The first kappa shape index (κ1) is 9.67. The normalized spacial score (nSPS) is 50.4. The van der Waals surface area contributed by atoms with Gasteiger partial charge in [0.1, 0.15) is 0 Å². The van der Waals surface area contributed by atoms with Crippen LogP contribution in [-0.2, 0) is 4.74 Å². The lowest BCUT2D eigenvalue weighted by atomic mass is 9.71. The molecule has 1 aliphatic heterocycles. The summed E-state index contributed by atoms with van der Waals surface area (Å²) in [6.07, 6.45) is 12.1. The molecule has 3 aliphatic carbocycles. The number of ether oxygens (including phenoxy) is 1. The molecule has 0 radical (unpaired) electrons. The average Bonchev–Trinajstić information content (AvgIpc) is 2.89. The lowest BCUT2D eigenvalue weighted by Crippen LogP contribution is -2.54. The van der Waals surface area contributed by atoms with Crippen LogP contribution < -0.4 is 5.32 Å². The maximum Gasteiger partial charge on any atom is 0.0757 e. The van der Waals surface area contributed by atoms with E-state index >= 15 is 0 Å². The van der Waals surface area contributed by atoms with Gasteiger partial charge in [0.2, 0.25) is 0 Å². The Bertz CT molecular complexity index is 310. The zero-order valence-electron chi connectivity index (χ0n) is 9.77. The van der Waals surface area contributed by atoms with Gasteiger partial charge in [-0.3, -0.25) is 0 Å². The van der Waals surface area contributed by atoms with Crippen molar-refractivity contribution in [3.63, 3.8) is 0 Å². The van der Waals surface area contributed by atoms with E-state index in [1.807, 2.05) is 0 Å². The van der Waals surface area contributed by atoms with Gasteiger partial charge in [0.05, 0.1) is 6.10 Å². The second-order valence-electron chi connectivity index (χ2n) is 6.08. The van der Waals surface area contributed by atoms with Gasteiger partial charge in [-0.1, -0.05) is 12.2 Å². The molecule has 0 aromatic carbocycles. The summed E-state index contributed by atoms with van der Waals surface area (Å²) in [5, 5.41) is 3.88. The lowest BCUT2D eigenvalue weighted by Gasteiger charge is -2.43. The predicted molar refractivity (Wildman–Crippen MR) is 63.1 cm³/mol. The first-order valence-corrected chi connectivity index (χ1v) is 6.96. The van der Waals surface area contributed by atoms with Gasteiger partial charge in [0.25, 0.3) is 0 Å². The first-order chi connectivity index (χ1) is 7.92. The molecule has 88 valence electrons. The van der Waals surface area contributed by atoms with E-state index in [4.69, 9.17) is 4.74 Å². The van der Waals surface area contributed by atoms with Crippen LogP contribution in [0.25, 0.3) is 0 Å². The minimum Gasteiger partial charge on any atom is -0.376 e. The van der Waals surface area contributed by atoms with Gasteiger partial charge in [-0.2, -0.15) is 0 Å². The van der Waals surface area contributed by atoms with Crippen molar-refractivity contribution in [2.75, 3.05) is 6.61 Å². The molecule has 0 amide bonds. The van der Waals surface area contributed by atoms with E-state index in [0.717, 1.165) is 30.4 Å². The number of hydrogen-bond donors (Lipinski definition) is 1. The van der Waals surface area contributed by atoms with E-state index < -0.39 is 0 Å². The van der Waals surface area contributed by atoms with Crippen molar-refractivity contribution in [2.24, 2.45) is 17.8 Å². The van der Waals surface area contributed by atoms with Gasteiger partial charge in [-0.05, 0) is 49.9 Å². The van der Waals surface area contributed by atoms with Crippen molar-refractivity contribution >= 4 is 0 Å².